The third-order valence-corrected chi connectivity index (χ3v) is 6.50. The molecule has 1 N–H and O–H groups in total. The van der Waals surface area contributed by atoms with E-state index in [0.29, 0.717) is 25.2 Å². The number of nitrogens with one attached hydrogen (secondary N) is 1. The highest BCUT2D eigenvalue weighted by Gasteiger charge is 2.25. The van der Waals surface area contributed by atoms with Crippen LogP contribution < -0.4 is 10.2 Å². The molecule has 1 unspecified atom stereocenters. The number of hydrogen-bond donors (Lipinski definition) is 1. The smallest absolute Gasteiger partial charge is 0.193 e. The molecule has 1 saturated heterocycles. The normalized spacial score (nSPS) is 19.9. The predicted molar refractivity (Wildman–Crippen MR) is 140 cm³/mol. The number of anilines is 1. The van der Waals surface area contributed by atoms with Crippen molar-refractivity contribution in [2.45, 2.75) is 51.1 Å². The van der Waals surface area contributed by atoms with E-state index in [9.17, 15) is 0 Å². The Morgan fingerprint density at radius 3 is 2.55 bits per heavy atom. The van der Waals surface area contributed by atoms with Crippen molar-refractivity contribution in [1.82, 2.24) is 10.2 Å². The van der Waals surface area contributed by atoms with Crippen LogP contribution in [0, 0.1) is 5.92 Å². The van der Waals surface area contributed by atoms with E-state index in [1.54, 1.807) is 7.11 Å². The summed E-state index contributed by atoms with van der Waals surface area (Å²) in [6, 6.07) is 9.70. The van der Waals surface area contributed by atoms with Crippen molar-refractivity contribution in [3.63, 3.8) is 0 Å². The number of hydrogen-bond acceptors (Lipinski definition) is 4. The van der Waals surface area contributed by atoms with Crippen LogP contribution in [0.2, 0.25) is 0 Å². The van der Waals surface area contributed by atoms with Gasteiger partial charge in [0.1, 0.15) is 0 Å². The molecule has 0 bridgehead atoms. The lowest BCUT2D eigenvalue weighted by Gasteiger charge is -2.33. The maximum atomic E-state index is 5.71. The van der Waals surface area contributed by atoms with Crippen molar-refractivity contribution in [3.05, 3.63) is 29.8 Å². The van der Waals surface area contributed by atoms with Crippen molar-refractivity contribution in [2.75, 3.05) is 59.0 Å². The second kappa shape index (κ2) is 14.2. The van der Waals surface area contributed by atoms with Crippen LogP contribution >= 0.6 is 24.0 Å². The molecular formula is C24H41IN4O2. The molecule has 2 fully saturated rings. The van der Waals surface area contributed by atoms with E-state index in [2.05, 4.69) is 51.4 Å². The summed E-state index contributed by atoms with van der Waals surface area (Å²) in [6.07, 6.45) is 7.93. The van der Waals surface area contributed by atoms with Gasteiger partial charge >= 0.3 is 0 Å². The molecule has 0 spiro atoms. The molecule has 1 aromatic carbocycles. The van der Waals surface area contributed by atoms with E-state index in [0.717, 1.165) is 38.6 Å². The number of nitrogens with zero attached hydrogens (tertiary/aromatic N) is 3. The van der Waals surface area contributed by atoms with Gasteiger partial charge in [0.2, 0.25) is 0 Å². The minimum absolute atomic E-state index is 0. The Balaban J connectivity index is 0.00000341. The van der Waals surface area contributed by atoms with Crippen LogP contribution in [0.3, 0.4) is 0 Å². The Morgan fingerprint density at radius 2 is 1.87 bits per heavy atom. The van der Waals surface area contributed by atoms with Crippen LogP contribution in [-0.2, 0) is 16.0 Å². The molecule has 1 aliphatic carbocycles. The predicted octanol–water partition coefficient (Wildman–Crippen LogP) is 4.13. The van der Waals surface area contributed by atoms with Crippen molar-refractivity contribution in [2.24, 2.45) is 10.9 Å². The fraction of sp³-hybridized carbons (Fsp3) is 0.708. The van der Waals surface area contributed by atoms with Gasteiger partial charge in [0, 0.05) is 58.5 Å². The summed E-state index contributed by atoms with van der Waals surface area (Å²) in [6.45, 7) is 4.96. The van der Waals surface area contributed by atoms with Crippen LogP contribution in [-0.4, -0.2) is 71.0 Å². The largest absolute Gasteiger partial charge is 0.382 e. The van der Waals surface area contributed by atoms with Crippen LogP contribution in [0.1, 0.15) is 44.1 Å². The van der Waals surface area contributed by atoms with Gasteiger partial charge in [0.25, 0.3) is 0 Å². The SMILES string of the molecule is CN=C(NCc1ccc(N(C)C2CCCCC2)cc1)N1CCC(COCCOC)C1.I. The van der Waals surface area contributed by atoms with E-state index in [1.807, 2.05) is 7.05 Å². The van der Waals surface area contributed by atoms with Crippen molar-refractivity contribution < 1.29 is 9.47 Å². The van der Waals surface area contributed by atoms with E-state index < -0.39 is 0 Å². The highest BCUT2D eigenvalue weighted by atomic mass is 127. The molecule has 6 nitrogen and oxygen atoms in total. The first-order chi connectivity index (χ1) is 14.7. The first-order valence-corrected chi connectivity index (χ1v) is 11.5. The fourth-order valence-electron chi connectivity index (χ4n) is 4.59. The molecule has 0 radical (unpaired) electrons. The molecule has 3 rings (SSSR count). The fourth-order valence-corrected chi connectivity index (χ4v) is 4.59. The van der Waals surface area contributed by atoms with Gasteiger partial charge in [0.05, 0.1) is 19.8 Å². The number of halogens is 1. The maximum Gasteiger partial charge on any atom is 0.193 e. The van der Waals surface area contributed by atoms with Gasteiger partial charge in [-0.1, -0.05) is 31.4 Å². The molecule has 31 heavy (non-hydrogen) atoms. The summed E-state index contributed by atoms with van der Waals surface area (Å²) in [5.41, 5.74) is 2.61. The van der Waals surface area contributed by atoms with E-state index in [1.165, 1.54) is 43.4 Å². The molecule has 1 aliphatic heterocycles. The molecular weight excluding hydrogens is 503 g/mol. The third-order valence-electron chi connectivity index (χ3n) is 6.50. The first-order valence-electron chi connectivity index (χ1n) is 11.5. The number of methoxy groups -OCH3 is 1. The van der Waals surface area contributed by atoms with Gasteiger partial charge < -0.3 is 24.6 Å². The number of rotatable bonds is 9. The number of ether oxygens (including phenoxy) is 2. The van der Waals surface area contributed by atoms with Crippen molar-refractivity contribution in [1.29, 1.82) is 0 Å². The Hall–Kier alpha value is -1.06. The van der Waals surface area contributed by atoms with Crippen molar-refractivity contribution >= 4 is 35.6 Å². The molecule has 0 aromatic heterocycles. The minimum atomic E-state index is 0. The minimum Gasteiger partial charge on any atom is -0.382 e. The molecule has 1 aromatic rings. The van der Waals surface area contributed by atoms with Crippen LogP contribution in [0.4, 0.5) is 5.69 Å². The van der Waals surface area contributed by atoms with Gasteiger partial charge in [-0.2, -0.15) is 0 Å². The zero-order valence-corrected chi connectivity index (χ0v) is 21.8. The Morgan fingerprint density at radius 1 is 1.13 bits per heavy atom. The summed E-state index contributed by atoms with van der Waals surface area (Å²) >= 11 is 0. The maximum absolute atomic E-state index is 5.71. The van der Waals surface area contributed by atoms with Gasteiger partial charge in [0.15, 0.2) is 5.96 Å². The summed E-state index contributed by atoms with van der Waals surface area (Å²) in [4.78, 5) is 9.31. The van der Waals surface area contributed by atoms with Crippen LogP contribution in [0.5, 0.6) is 0 Å². The highest BCUT2D eigenvalue weighted by Crippen LogP contribution is 2.26. The second-order valence-electron chi connectivity index (χ2n) is 8.64. The van der Waals surface area contributed by atoms with Crippen LogP contribution in [0.15, 0.2) is 29.3 Å². The zero-order chi connectivity index (χ0) is 21.2. The Bertz CT molecular complexity index is 649. The summed E-state index contributed by atoms with van der Waals surface area (Å²) in [5.74, 6) is 1.55. The standard InChI is InChI=1S/C24H40N4O2.HI/c1-25-24(28-14-13-21(18-28)19-30-16-15-29-3)26-17-20-9-11-23(12-10-20)27(2)22-7-5-4-6-8-22;/h9-12,21-22H,4-8,13-19H2,1-3H3,(H,25,26);1H. The van der Waals surface area contributed by atoms with Gasteiger partial charge in [-0.05, 0) is 37.0 Å². The molecule has 1 atom stereocenters. The zero-order valence-electron chi connectivity index (χ0n) is 19.5. The third kappa shape index (κ3) is 8.09. The molecule has 0 amide bonds. The number of benzene rings is 1. The highest BCUT2D eigenvalue weighted by molar-refractivity contribution is 14.0. The average molecular weight is 545 g/mol. The molecule has 176 valence electrons. The Kier molecular flexibility index (Phi) is 12.0. The second-order valence-corrected chi connectivity index (χ2v) is 8.64. The first kappa shape index (κ1) is 26.2. The molecule has 7 heteroatoms. The van der Waals surface area contributed by atoms with Gasteiger partial charge in [-0.15, -0.1) is 24.0 Å². The summed E-state index contributed by atoms with van der Waals surface area (Å²) < 4.78 is 10.7. The van der Waals surface area contributed by atoms with Gasteiger partial charge in [-0.3, -0.25) is 4.99 Å². The van der Waals surface area contributed by atoms with E-state index in [-0.39, 0.29) is 24.0 Å². The van der Waals surface area contributed by atoms with Crippen LogP contribution in [0.25, 0.3) is 0 Å². The lowest BCUT2D eigenvalue weighted by molar-refractivity contribution is 0.0536. The topological polar surface area (TPSA) is 49.3 Å². The summed E-state index contributed by atoms with van der Waals surface area (Å²) in [5, 5.41) is 3.54. The quantitative estimate of drug-likeness (QED) is 0.219. The Labute approximate surface area is 205 Å². The molecule has 2 aliphatic rings. The number of guanidine groups is 1. The number of likely N-dealkylation sites (tertiary alicyclic amines) is 1. The monoisotopic (exact) mass is 544 g/mol. The summed E-state index contributed by atoms with van der Waals surface area (Å²) in [7, 11) is 5.82. The van der Waals surface area contributed by atoms with E-state index in [4.69, 9.17) is 9.47 Å². The molecule has 1 saturated carbocycles. The lowest BCUT2D eigenvalue weighted by atomic mass is 9.94. The number of aliphatic imine (C=N–C) groups is 1. The lowest BCUT2D eigenvalue weighted by Crippen LogP contribution is -2.39. The van der Waals surface area contributed by atoms with E-state index >= 15 is 0 Å². The average Bonchev–Trinajstić information content (AvgIpc) is 3.26. The molecule has 1 heterocycles. The van der Waals surface area contributed by atoms with Gasteiger partial charge in [-0.25, -0.2) is 0 Å². The van der Waals surface area contributed by atoms with Crippen molar-refractivity contribution in [3.8, 4) is 0 Å².